The van der Waals surface area contributed by atoms with Gasteiger partial charge in [0.05, 0.1) is 0 Å². The second kappa shape index (κ2) is 5.98. The third-order valence-electron chi connectivity index (χ3n) is 4.44. The van der Waals surface area contributed by atoms with E-state index in [1.54, 1.807) is 0 Å². The first-order chi connectivity index (χ1) is 8.77. The van der Waals surface area contributed by atoms with Crippen LogP contribution in [0.1, 0.15) is 43.7 Å². The first kappa shape index (κ1) is 14.4. The molecular formula is C16H23ClN2. The van der Waals surface area contributed by atoms with Gasteiger partial charge in [-0.25, -0.2) is 0 Å². The smallest absolute Gasteiger partial charge is 0.0481 e. The summed E-state index contributed by atoms with van der Waals surface area (Å²) in [5.74, 6) is 0.671. The van der Waals surface area contributed by atoms with Gasteiger partial charge in [-0.3, -0.25) is 0 Å². The van der Waals surface area contributed by atoms with Gasteiger partial charge in [-0.15, -0.1) is 12.4 Å². The first-order valence-corrected chi connectivity index (χ1v) is 7.07. The highest BCUT2D eigenvalue weighted by molar-refractivity contribution is 5.85. The summed E-state index contributed by atoms with van der Waals surface area (Å²) in [5.41, 5.74) is 9.16. The van der Waals surface area contributed by atoms with Crippen LogP contribution in [0.5, 0.6) is 0 Å². The lowest BCUT2D eigenvalue weighted by Crippen LogP contribution is -2.23. The van der Waals surface area contributed by atoms with Crippen LogP contribution in [-0.4, -0.2) is 4.57 Å². The third-order valence-corrected chi connectivity index (χ3v) is 4.44. The molecule has 0 radical (unpaired) electrons. The monoisotopic (exact) mass is 278 g/mol. The summed E-state index contributed by atoms with van der Waals surface area (Å²) in [6, 6.07) is 8.79. The maximum absolute atomic E-state index is 6.54. The Labute approximate surface area is 121 Å². The average molecular weight is 279 g/mol. The van der Waals surface area contributed by atoms with Crippen molar-refractivity contribution in [3.63, 3.8) is 0 Å². The molecule has 1 aromatic heterocycles. The van der Waals surface area contributed by atoms with Gasteiger partial charge in [0.25, 0.3) is 0 Å². The van der Waals surface area contributed by atoms with Gasteiger partial charge in [0.2, 0.25) is 0 Å². The molecule has 1 atom stereocenters. The van der Waals surface area contributed by atoms with Crippen LogP contribution in [0.3, 0.4) is 0 Å². The van der Waals surface area contributed by atoms with Crippen LogP contribution in [-0.2, 0) is 7.05 Å². The number of halogens is 1. The lowest BCUT2D eigenvalue weighted by atomic mass is 9.81. The van der Waals surface area contributed by atoms with Crippen LogP contribution in [0.2, 0.25) is 0 Å². The molecule has 0 amide bonds. The van der Waals surface area contributed by atoms with Crippen molar-refractivity contribution in [3.05, 3.63) is 36.0 Å². The molecule has 3 rings (SSSR count). The van der Waals surface area contributed by atoms with E-state index in [1.807, 2.05) is 0 Å². The van der Waals surface area contributed by atoms with E-state index in [0.717, 1.165) is 0 Å². The van der Waals surface area contributed by atoms with E-state index in [0.29, 0.717) is 5.92 Å². The van der Waals surface area contributed by atoms with Gasteiger partial charge >= 0.3 is 0 Å². The van der Waals surface area contributed by atoms with E-state index in [2.05, 4.69) is 42.1 Å². The number of nitrogens with two attached hydrogens (primary N) is 1. The largest absolute Gasteiger partial charge is 0.350 e. The Morgan fingerprint density at radius 2 is 1.84 bits per heavy atom. The number of hydrogen-bond donors (Lipinski definition) is 1. The second-order valence-electron chi connectivity index (χ2n) is 5.64. The maximum atomic E-state index is 6.54. The molecule has 0 aliphatic heterocycles. The Hall–Kier alpha value is -0.990. The van der Waals surface area contributed by atoms with Crippen molar-refractivity contribution >= 4 is 23.3 Å². The van der Waals surface area contributed by atoms with Crippen molar-refractivity contribution in [2.75, 3.05) is 0 Å². The molecule has 0 saturated heterocycles. The van der Waals surface area contributed by atoms with Crippen molar-refractivity contribution in [1.82, 2.24) is 4.57 Å². The number of hydrogen-bond acceptors (Lipinski definition) is 1. The Morgan fingerprint density at radius 1 is 1.16 bits per heavy atom. The minimum absolute atomic E-state index is 0. The standard InChI is InChI=1S/C16H22N2.ClH/c1-18-11-14(13-9-5-6-10-15(13)18)16(17)12-7-3-2-4-8-12;/h5-6,9-12,16H,2-4,7-8,17H2,1H3;1H/t16-;/m1./s1. The van der Waals surface area contributed by atoms with E-state index < -0.39 is 0 Å². The summed E-state index contributed by atoms with van der Waals surface area (Å²) in [7, 11) is 2.11. The number of nitrogens with zero attached hydrogens (tertiary/aromatic N) is 1. The van der Waals surface area contributed by atoms with Gasteiger partial charge in [-0.05, 0) is 30.4 Å². The molecule has 2 N–H and O–H groups in total. The van der Waals surface area contributed by atoms with Crippen molar-refractivity contribution < 1.29 is 0 Å². The first-order valence-electron chi connectivity index (χ1n) is 7.07. The molecule has 1 aliphatic carbocycles. The third kappa shape index (κ3) is 2.65. The molecule has 1 aromatic carbocycles. The van der Waals surface area contributed by atoms with E-state index in [9.17, 15) is 0 Å². The SMILES string of the molecule is Cl.Cn1cc([C@H](N)C2CCCCC2)c2ccccc21. The molecule has 104 valence electrons. The van der Waals surface area contributed by atoms with Crippen molar-refractivity contribution in [2.24, 2.45) is 18.7 Å². The molecule has 1 saturated carbocycles. The summed E-state index contributed by atoms with van der Waals surface area (Å²) in [4.78, 5) is 0. The molecule has 19 heavy (non-hydrogen) atoms. The van der Waals surface area contributed by atoms with E-state index in [-0.39, 0.29) is 18.4 Å². The van der Waals surface area contributed by atoms with Gasteiger partial charge in [0, 0.05) is 30.2 Å². The summed E-state index contributed by atoms with van der Waals surface area (Å²) in [5, 5.41) is 1.33. The van der Waals surface area contributed by atoms with Crippen molar-refractivity contribution in [2.45, 2.75) is 38.1 Å². The van der Waals surface area contributed by atoms with Gasteiger partial charge in [0.1, 0.15) is 0 Å². The lowest BCUT2D eigenvalue weighted by Gasteiger charge is -2.27. The van der Waals surface area contributed by atoms with Crippen LogP contribution in [0.4, 0.5) is 0 Å². The summed E-state index contributed by atoms with van der Waals surface area (Å²) in [6.45, 7) is 0. The normalized spacial score (nSPS) is 18.2. The molecular weight excluding hydrogens is 256 g/mol. The molecule has 2 nitrogen and oxygen atoms in total. The molecule has 1 aliphatic rings. The maximum Gasteiger partial charge on any atom is 0.0481 e. The predicted molar refractivity (Wildman–Crippen MR) is 83.7 cm³/mol. The lowest BCUT2D eigenvalue weighted by molar-refractivity contribution is 0.309. The highest BCUT2D eigenvalue weighted by atomic mass is 35.5. The van der Waals surface area contributed by atoms with Crippen molar-refractivity contribution in [1.29, 1.82) is 0 Å². The average Bonchev–Trinajstić information content (AvgIpc) is 2.77. The fourth-order valence-corrected chi connectivity index (χ4v) is 3.39. The van der Waals surface area contributed by atoms with Gasteiger partial charge in [-0.2, -0.15) is 0 Å². The van der Waals surface area contributed by atoms with E-state index >= 15 is 0 Å². The fourth-order valence-electron chi connectivity index (χ4n) is 3.39. The van der Waals surface area contributed by atoms with E-state index in [4.69, 9.17) is 5.73 Å². The molecule has 1 heterocycles. The zero-order valence-corrected chi connectivity index (χ0v) is 12.3. The Kier molecular flexibility index (Phi) is 4.54. The second-order valence-corrected chi connectivity index (χ2v) is 5.64. The van der Waals surface area contributed by atoms with Crippen LogP contribution >= 0.6 is 12.4 Å². The van der Waals surface area contributed by atoms with Crippen LogP contribution < -0.4 is 5.73 Å². The predicted octanol–water partition coefficient (Wildman–Crippen LogP) is 4.18. The molecule has 3 heteroatoms. The zero-order valence-electron chi connectivity index (χ0n) is 11.5. The Bertz CT molecular complexity index is 541. The summed E-state index contributed by atoms with van der Waals surface area (Å²) in [6.07, 6.45) is 8.91. The molecule has 0 bridgehead atoms. The fraction of sp³-hybridized carbons (Fsp3) is 0.500. The van der Waals surface area contributed by atoms with Gasteiger partial charge < -0.3 is 10.3 Å². The number of para-hydroxylation sites is 1. The van der Waals surface area contributed by atoms with Crippen LogP contribution in [0.15, 0.2) is 30.5 Å². The summed E-state index contributed by atoms with van der Waals surface area (Å²) < 4.78 is 2.20. The topological polar surface area (TPSA) is 30.9 Å². The number of benzene rings is 1. The molecule has 1 fully saturated rings. The van der Waals surface area contributed by atoms with Gasteiger partial charge in [0.15, 0.2) is 0 Å². The Balaban J connectivity index is 0.00000133. The minimum Gasteiger partial charge on any atom is -0.350 e. The number of aromatic nitrogens is 1. The molecule has 0 spiro atoms. The minimum atomic E-state index is 0. The highest BCUT2D eigenvalue weighted by Crippen LogP contribution is 2.36. The number of fused-ring (bicyclic) bond motifs is 1. The van der Waals surface area contributed by atoms with E-state index in [1.165, 1.54) is 48.6 Å². The highest BCUT2D eigenvalue weighted by Gasteiger charge is 2.24. The number of aryl methyl sites for hydroxylation is 1. The van der Waals surface area contributed by atoms with Crippen LogP contribution in [0.25, 0.3) is 10.9 Å². The summed E-state index contributed by atoms with van der Waals surface area (Å²) >= 11 is 0. The quantitative estimate of drug-likeness (QED) is 0.878. The van der Waals surface area contributed by atoms with Gasteiger partial charge in [-0.1, -0.05) is 37.5 Å². The molecule has 2 aromatic rings. The Morgan fingerprint density at radius 3 is 2.58 bits per heavy atom. The van der Waals surface area contributed by atoms with Crippen molar-refractivity contribution in [3.8, 4) is 0 Å². The zero-order chi connectivity index (χ0) is 12.5. The van der Waals surface area contributed by atoms with Crippen LogP contribution in [0, 0.1) is 5.92 Å². The molecule has 0 unspecified atom stereocenters. The number of rotatable bonds is 2.